The number of rotatable bonds is 4. The van der Waals surface area contributed by atoms with E-state index in [1.165, 1.54) is 41.5 Å². The molecule has 0 spiro atoms. The van der Waals surface area contributed by atoms with Crippen LogP contribution in [0.15, 0.2) is 53.9 Å². The molecule has 164 valence electrons. The zero-order valence-electron chi connectivity index (χ0n) is 18.2. The smallest absolute Gasteiger partial charge is 0.274 e. The molecule has 2 aromatic carbocycles. The van der Waals surface area contributed by atoms with Crippen LogP contribution in [-0.4, -0.2) is 33.4 Å². The van der Waals surface area contributed by atoms with Crippen LogP contribution in [0.2, 0.25) is 0 Å². The summed E-state index contributed by atoms with van der Waals surface area (Å²) in [4.78, 5) is 23.5. The van der Waals surface area contributed by atoms with E-state index in [-0.39, 0.29) is 11.9 Å². The van der Waals surface area contributed by atoms with Crippen molar-refractivity contribution in [2.24, 2.45) is 0 Å². The van der Waals surface area contributed by atoms with Crippen molar-refractivity contribution in [3.63, 3.8) is 0 Å². The number of thiazole rings is 1. The second kappa shape index (κ2) is 8.09. The summed E-state index contributed by atoms with van der Waals surface area (Å²) in [5.41, 5.74) is 6.12. The third-order valence-corrected chi connectivity index (χ3v) is 7.62. The molecule has 1 amide bonds. The lowest BCUT2D eigenvalue weighted by Gasteiger charge is -2.36. The molecule has 6 rings (SSSR count). The molecule has 6 heteroatoms. The van der Waals surface area contributed by atoms with Gasteiger partial charge in [-0.05, 0) is 60.9 Å². The summed E-state index contributed by atoms with van der Waals surface area (Å²) in [5.74, 6) is 2.45. The molecule has 2 N–H and O–H groups in total. The highest BCUT2D eigenvalue weighted by molar-refractivity contribution is 7.10. The van der Waals surface area contributed by atoms with E-state index in [1.54, 1.807) is 5.38 Å². The number of amides is 1. The van der Waals surface area contributed by atoms with Gasteiger partial charge >= 0.3 is 0 Å². The number of H-pyrrole nitrogens is 1. The quantitative estimate of drug-likeness (QED) is 0.410. The number of carbonyl (C=O) groups is 1. The standard InChI is InChI=1S/C27H24N4OS/c1-2-24-29-23(16-33-24)27(32)31-15-14-21-20-8-3-4-9-22(20)30-25(21)26(31)17-10-12-19(13-11-17)28-18-6-5-7-18/h1,3-4,8-13,16,18,26,28,30H,5-7,14-15H2. The van der Waals surface area contributed by atoms with Crippen molar-refractivity contribution in [3.05, 3.63) is 81.4 Å². The van der Waals surface area contributed by atoms with Crippen LogP contribution in [0.5, 0.6) is 0 Å². The summed E-state index contributed by atoms with van der Waals surface area (Å²) in [5, 5.41) is 7.13. The highest BCUT2D eigenvalue weighted by Gasteiger charge is 2.35. The maximum Gasteiger partial charge on any atom is 0.274 e. The predicted octanol–water partition coefficient (Wildman–Crippen LogP) is 5.36. The molecule has 3 heterocycles. The van der Waals surface area contributed by atoms with Gasteiger partial charge in [-0.3, -0.25) is 4.79 Å². The first kappa shape index (κ1) is 20.1. The second-order valence-corrected chi connectivity index (χ2v) is 9.65. The van der Waals surface area contributed by atoms with Crippen LogP contribution in [0.4, 0.5) is 5.69 Å². The number of nitrogens with zero attached hydrogens (tertiary/aromatic N) is 2. The number of carbonyl (C=O) groups excluding carboxylic acids is 1. The fraction of sp³-hybridized carbons (Fsp3) is 0.259. The van der Waals surface area contributed by atoms with Gasteiger partial charge in [0.25, 0.3) is 5.91 Å². The Bertz CT molecular complexity index is 1370. The number of terminal acetylenes is 1. The third kappa shape index (κ3) is 3.49. The Balaban J connectivity index is 1.41. The lowest BCUT2D eigenvalue weighted by Crippen LogP contribution is -2.40. The first-order chi connectivity index (χ1) is 16.2. The van der Waals surface area contributed by atoms with Crippen LogP contribution in [0.25, 0.3) is 10.9 Å². The Morgan fingerprint density at radius 3 is 2.73 bits per heavy atom. The van der Waals surface area contributed by atoms with Crippen LogP contribution in [-0.2, 0) is 6.42 Å². The zero-order valence-corrected chi connectivity index (χ0v) is 19.0. The minimum absolute atomic E-state index is 0.0845. The minimum Gasteiger partial charge on any atom is -0.382 e. The SMILES string of the molecule is C#Cc1nc(C(=O)N2CCc3c([nH]c4ccccc34)C2c2ccc(NC3CCC3)cc2)cs1. The monoisotopic (exact) mass is 452 g/mol. The molecule has 33 heavy (non-hydrogen) atoms. The molecule has 1 saturated carbocycles. The zero-order chi connectivity index (χ0) is 22.4. The first-order valence-corrected chi connectivity index (χ1v) is 12.3. The number of fused-ring (bicyclic) bond motifs is 3. The predicted molar refractivity (Wildman–Crippen MR) is 133 cm³/mol. The number of aromatic amines is 1. The summed E-state index contributed by atoms with van der Waals surface area (Å²) in [6.45, 7) is 0.628. The average molecular weight is 453 g/mol. The number of nitrogens with one attached hydrogen (secondary N) is 2. The highest BCUT2D eigenvalue weighted by Crippen LogP contribution is 2.39. The van der Waals surface area contributed by atoms with Crippen molar-refractivity contribution in [2.45, 2.75) is 37.8 Å². The summed E-state index contributed by atoms with van der Waals surface area (Å²) in [7, 11) is 0. The van der Waals surface area contributed by atoms with Gasteiger partial charge in [-0.1, -0.05) is 30.3 Å². The maximum atomic E-state index is 13.6. The second-order valence-electron chi connectivity index (χ2n) is 8.79. The van der Waals surface area contributed by atoms with E-state index in [0.29, 0.717) is 23.3 Å². The van der Waals surface area contributed by atoms with E-state index in [4.69, 9.17) is 6.42 Å². The van der Waals surface area contributed by atoms with Gasteiger partial charge in [0.2, 0.25) is 0 Å². The van der Waals surface area contributed by atoms with Gasteiger partial charge in [-0.15, -0.1) is 17.8 Å². The summed E-state index contributed by atoms with van der Waals surface area (Å²) >= 11 is 1.33. The van der Waals surface area contributed by atoms with Crippen molar-refractivity contribution in [1.29, 1.82) is 0 Å². The van der Waals surface area contributed by atoms with Gasteiger partial charge in [0.15, 0.2) is 5.01 Å². The molecule has 1 unspecified atom stereocenters. The van der Waals surface area contributed by atoms with Crippen LogP contribution in [0.3, 0.4) is 0 Å². The van der Waals surface area contributed by atoms with Crippen molar-refractivity contribution in [3.8, 4) is 12.3 Å². The van der Waals surface area contributed by atoms with E-state index in [1.807, 2.05) is 11.0 Å². The van der Waals surface area contributed by atoms with E-state index in [2.05, 4.69) is 63.7 Å². The van der Waals surface area contributed by atoms with Gasteiger partial charge < -0.3 is 15.2 Å². The number of anilines is 1. The molecule has 0 bridgehead atoms. The minimum atomic E-state index is -0.206. The van der Waals surface area contributed by atoms with E-state index < -0.39 is 0 Å². The topological polar surface area (TPSA) is 61.0 Å². The Kier molecular flexibility index (Phi) is 4.92. The largest absolute Gasteiger partial charge is 0.382 e. The van der Waals surface area contributed by atoms with E-state index in [0.717, 1.165) is 28.9 Å². The van der Waals surface area contributed by atoms with E-state index >= 15 is 0 Å². The number of aromatic nitrogens is 2. The number of benzene rings is 2. The number of hydrogen-bond acceptors (Lipinski definition) is 4. The molecule has 1 fully saturated rings. The Morgan fingerprint density at radius 2 is 2.00 bits per heavy atom. The van der Waals surface area contributed by atoms with Gasteiger partial charge in [0.05, 0.1) is 6.04 Å². The fourth-order valence-corrected chi connectivity index (χ4v) is 5.54. The lowest BCUT2D eigenvalue weighted by atomic mass is 9.91. The van der Waals surface area contributed by atoms with Gasteiger partial charge in [0.1, 0.15) is 5.69 Å². The Morgan fingerprint density at radius 1 is 1.18 bits per heavy atom. The number of para-hydroxylation sites is 1. The number of hydrogen-bond donors (Lipinski definition) is 2. The van der Waals surface area contributed by atoms with Crippen molar-refractivity contribution < 1.29 is 4.79 Å². The molecule has 2 aromatic heterocycles. The van der Waals surface area contributed by atoms with Crippen LogP contribution >= 0.6 is 11.3 Å². The molecule has 1 atom stereocenters. The van der Waals surface area contributed by atoms with Gasteiger partial charge in [-0.2, -0.15) is 0 Å². The van der Waals surface area contributed by atoms with Crippen LogP contribution in [0, 0.1) is 12.3 Å². The third-order valence-electron chi connectivity index (χ3n) is 6.84. The molecule has 5 nitrogen and oxygen atoms in total. The average Bonchev–Trinajstić information content (AvgIpc) is 3.45. The molecule has 1 aliphatic carbocycles. The fourth-order valence-electron chi connectivity index (χ4n) is 4.94. The normalized spacial score (nSPS) is 17.9. The summed E-state index contributed by atoms with van der Waals surface area (Å²) in [6.07, 6.45) is 10.1. The first-order valence-electron chi connectivity index (χ1n) is 11.4. The highest BCUT2D eigenvalue weighted by atomic mass is 32.1. The van der Waals surface area contributed by atoms with Gasteiger partial charge in [-0.25, -0.2) is 4.98 Å². The summed E-state index contributed by atoms with van der Waals surface area (Å²) in [6, 6.07) is 17.3. The van der Waals surface area contributed by atoms with E-state index in [9.17, 15) is 4.79 Å². The Hall–Kier alpha value is -3.56. The lowest BCUT2D eigenvalue weighted by molar-refractivity contribution is 0.0686. The molecule has 0 radical (unpaired) electrons. The van der Waals surface area contributed by atoms with Crippen molar-refractivity contribution in [1.82, 2.24) is 14.9 Å². The maximum absolute atomic E-state index is 13.6. The molecule has 1 aliphatic heterocycles. The van der Waals surface area contributed by atoms with Crippen molar-refractivity contribution >= 4 is 33.8 Å². The molecule has 4 aromatic rings. The molecular weight excluding hydrogens is 428 g/mol. The van der Waals surface area contributed by atoms with Crippen LogP contribution in [0.1, 0.15) is 57.6 Å². The van der Waals surface area contributed by atoms with Gasteiger partial charge in [0, 0.05) is 40.3 Å². The van der Waals surface area contributed by atoms with Crippen LogP contribution < -0.4 is 5.32 Å². The Labute approximate surface area is 196 Å². The molecule has 2 aliphatic rings. The molecule has 0 saturated heterocycles. The van der Waals surface area contributed by atoms with Crippen molar-refractivity contribution in [2.75, 3.05) is 11.9 Å². The summed E-state index contributed by atoms with van der Waals surface area (Å²) < 4.78 is 0. The molecular formula is C27H24N4OS.